The first-order chi connectivity index (χ1) is 23.8. The quantitative estimate of drug-likeness (QED) is 0.181. The Bertz CT molecular complexity index is 1920. The lowest BCUT2D eigenvalue weighted by Crippen LogP contribution is -2.53. The molecule has 250 valence electrons. The van der Waals surface area contributed by atoms with Crippen LogP contribution in [0.15, 0.2) is 96.7 Å². The predicted molar refractivity (Wildman–Crippen MR) is 192 cm³/mol. The first-order valence-corrected chi connectivity index (χ1v) is 16.4. The Morgan fingerprint density at radius 1 is 0.959 bits per heavy atom. The Hall–Kier alpha value is -5.38. The van der Waals surface area contributed by atoms with Gasteiger partial charge in [-0.15, -0.1) is 0 Å². The van der Waals surface area contributed by atoms with Crippen molar-refractivity contribution >= 4 is 47.2 Å². The van der Waals surface area contributed by atoms with Crippen LogP contribution in [0.2, 0.25) is 5.02 Å². The highest BCUT2D eigenvalue weighted by Crippen LogP contribution is 2.33. The SMILES string of the molecule is COc1cc2c(cc1OC)CN(CCc1ccc(NC(=O)c3ccc(C=C4NC(=O)C(C=Cc5ccccc5Cl)NC4=O)cc3)cc1)CC2. The fourth-order valence-electron chi connectivity index (χ4n) is 5.87. The summed E-state index contributed by atoms with van der Waals surface area (Å²) in [5.74, 6) is 0.498. The Morgan fingerprint density at radius 2 is 1.67 bits per heavy atom. The van der Waals surface area contributed by atoms with Crippen LogP contribution in [-0.4, -0.2) is 56.0 Å². The van der Waals surface area contributed by atoms with Crippen molar-refractivity contribution in [1.29, 1.82) is 0 Å². The number of carbonyl (C=O) groups is 3. The van der Waals surface area contributed by atoms with Gasteiger partial charge in [0.2, 0.25) is 0 Å². The van der Waals surface area contributed by atoms with Crippen molar-refractivity contribution in [3.63, 3.8) is 0 Å². The molecule has 3 N–H and O–H groups in total. The Kier molecular flexibility index (Phi) is 10.4. The fourth-order valence-corrected chi connectivity index (χ4v) is 6.07. The number of nitrogens with one attached hydrogen (secondary N) is 3. The molecule has 0 saturated carbocycles. The van der Waals surface area contributed by atoms with Crippen LogP contribution >= 0.6 is 11.6 Å². The number of hydrogen-bond donors (Lipinski definition) is 3. The van der Waals surface area contributed by atoms with E-state index in [1.54, 1.807) is 62.8 Å². The lowest BCUT2D eigenvalue weighted by molar-refractivity contribution is -0.129. The van der Waals surface area contributed by atoms with Gasteiger partial charge >= 0.3 is 0 Å². The van der Waals surface area contributed by atoms with Gasteiger partial charge in [0.25, 0.3) is 17.7 Å². The molecule has 2 aliphatic heterocycles. The van der Waals surface area contributed by atoms with Gasteiger partial charge in [0.05, 0.1) is 14.2 Å². The molecule has 1 unspecified atom stereocenters. The highest BCUT2D eigenvalue weighted by Gasteiger charge is 2.28. The molecule has 9 nitrogen and oxygen atoms in total. The summed E-state index contributed by atoms with van der Waals surface area (Å²) in [6.07, 6.45) is 6.73. The maximum atomic E-state index is 12.9. The van der Waals surface area contributed by atoms with E-state index in [9.17, 15) is 14.4 Å². The molecule has 6 rings (SSSR count). The third kappa shape index (κ3) is 8.20. The molecule has 1 fully saturated rings. The van der Waals surface area contributed by atoms with Crippen LogP contribution in [0.5, 0.6) is 11.5 Å². The van der Waals surface area contributed by atoms with E-state index < -0.39 is 11.9 Å². The van der Waals surface area contributed by atoms with Gasteiger partial charge in [0, 0.05) is 35.9 Å². The van der Waals surface area contributed by atoms with Crippen molar-refractivity contribution in [2.24, 2.45) is 0 Å². The number of hydrogen-bond acceptors (Lipinski definition) is 6. The lowest BCUT2D eigenvalue weighted by Gasteiger charge is -2.29. The summed E-state index contributed by atoms with van der Waals surface area (Å²) in [4.78, 5) is 40.8. The highest BCUT2D eigenvalue weighted by molar-refractivity contribution is 6.32. The number of benzene rings is 4. The minimum absolute atomic E-state index is 0.121. The molecule has 0 bridgehead atoms. The summed E-state index contributed by atoms with van der Waals surface area (Å²) in [6.45, 7) is 2.77. The first kappa shape index (κ1) is 33.5. The molecule has 1 saturated heterocycles. The number of rotatable bonds is 10. The molecule has 2 heterocycles. The average molecular weight is 677 g/mol. The van der Waals surface area contributed by atoms with E-state index in [2.05, 4.69) is 33.0 Å². The minimum atomic E-state index is -0.829. The second-order valence-electron chi connectivity index (χ2n) is 11.9. The molecule has 0 aliphatic carbocycles. The number of fused-ring (bicyclic) bond motifs is 1. The number of amides is 3. The van der Waals surface area contributed by atoms with Crippen molar-refractivity contribution in [1.82, 2.24) is 15.5 Å². The van der Waals surface area contributed by atoms with E-state index in [0.29, 0.717) is 21.8 Å². The van der Waals surface area contributed by atoms with E-state index in [1.807, 2.05) is 42.5 Å². The van der Waals surface area contributed by atoms with E-state index in [4.69, 9.17) is 21.1 Å². The van der Waals surface area contributed by atoms with Gasteiger partial charge in [0.1, 0.15) is 11.7 Å². The van der Waals surface area contributed by atoms with Crippen LogP contribution in [0.4, 0.5) is 5.69 Å². The Labute approximate surface area is 290 Å². The number of anilines is 1. The van der Waals surface area contributed by atoms with Gasteiger partial charge in [0.15, 0.2) is 11.5 Å². The molecular weight excluding hydrogens is 640 g/mol. The molecule has 4 aromatic rings. The molecule has 10 heteroatoms. The Morgan fingerprint density at radius 3 is 2.39 bits per heavy atom. The van der Waals surface area contributed by atoms with Crippen molar-refractivity contribution in [2.45, 2.75) is 25.4 Å². The standard InChI is InChI=1S/C39H37ClN4O5/c1-48-35-22-29-18-20-44(24-30(29)23-36(35)49-2)19-17-25-9-14-31(15-10-25)41-37(45)28-11-7-26(8-12-28)21-34-39(47)42-33(38(46)43-34)16-13-27-5-3-4-6-32(27)40/h3-16,21-23,33H,17-20,24H2,1-2H3,(H,41,45)(H,42,47)(H,43,46). The molecule has 49 heavy (non-hydrogen) atoms. The molecule has 0 spiro atoms. The topological polar surface area (TPSA) is 109 Å². The highest BCUT2D eigenvalue weighted by atomic mass is 35.5. The zero-order valence-electron chi connectivity index (χ0n) is 27.3. The molecule has 2 aliphatic rings. The third-order valence-electron chi connectivity index (χ3n) is 8.65. The smallest absolute Gasteiger partial charge is 0.268 e. The summed E-state index contributed by atoms with van der Waals surface area (Å²) in [5.41, 5.74) is 6.45. The van der Waals surface area contributed by atoms with Crippen LogP contribution in [0.1, 0.15) is 38.2 Å². The summed E-state index contributed by atoms with van der Waals surface area (Å²) < 4.78 is 10.9. The van der Waals surface area contributed by atoms with Crippen molar-refractivity contribution in [3.8, 4) is 11.5 Å². The number of ether oxygens (including phenoxy) is 2. The second kappa shape index (κ2) is 15.2. The number of piperazine rings is 1. The van der Waals surface area contributed by atoms with Gasteiger partial charge < -0.3 is 25.4 Å². The predicted octanol–water partition coefficient (Wildman–Crippen LogP) is 5.88. The third-order valence-corrected chi connectivity index (χ3v) is 9.00. The zero-order valence-corrected chi connectivity index (χ0v) is 28.1. The minimum Gasteiger partial charge on any atom is -0.493 e. The van der Waals surface area contributed by atoms with Crippen molar-refractivity contribution < 1.29 is 23.9 Å². The van der Waals surface area contributed by atoms with E-state index >= 15 is 0 Å². The van der Waals surface area contributed by atoms with Crippen LogP contribution < -0.4 is 25.4 Å². The van der Waals surface area contributed by atoms with Crippen LogP contribution in [0, 0.1) is 0 Å². The molecule has 3 amide bonds. The monoisotopic (exact) mass is 676 g/mol. The summed E-state index contributed by atoms with van der Waals surface area (Å²) in [5, 5.41) is 8.86. The van der Waals surface area contributed by atoms with Crippen molar-refractivity contribution in [2.75, 3.05) is 32.6 Å². The normalized spacial score (nSPS) is 17.0. The summed E-state index contributed by atoms with van der Waals surface area (Å²) in [7, 11) is 3.32. The molecular formula is C39H37ClN4O5. The first-order valence-electron chi connectivity index (χ1n) is 16.0. The van der Waals surface area contributed by atoms with E-state index in [0.717, 1.165) is 49.5 Å². The molecule has 0 radical (unpaired) electrons. The summed E-state index contributed by atoms with van der Waals surface area (Å²) >= 11 is 6.17. The Balaban J connectivity index is 0.991. The zero-order chi connectivity index (χ0) is 34.3. The average Bonchev–Trinajstić information content (AvgIpc) is 3.12. The second-order valence-corrected chi connectivity index (χ2v) is 12.3. The number of carbonyl (C=O) groups excluding carboxylic acids is 3. The van der Waals surface area contributed by atoms with Gasteiger partial charge in [-0.3, -0.25) is 19.3 Å². The molecule has 1 atom stereocenters. The lowest BCUT2D eigenvalue weighted by atomic mass is 9.98. The fraction of sp³-hybridized carbons (Fsp3) is 0.205. The number of halogens is 1. The van der Waals surface area contributed by atoms with Crippen LogP contribution in [-0.2, 0) is 29.0 Å². The van der Waals surface area contributed by atoms with E-state index in [1.165, 1.54) is 16.7 Å². The van der Waals surface area contributed by atoms with Crippen LogP contribution in [0.25, 0.3) is 12.2 Å². The van der Waals surface area contributed by atoms with Gasteiger partial charge in [-0.1, -0.05) is 66.2 Å². The number of nitrogens with zero attached hydrogens (tertiary/aromatic N) is 1. The maximum absolute atomic E-state index is 12.9. The molecule has 0 aromatic heterocycles. The number of methoxy groups -OCH3 is 2. The van der Waals surface area contributed by atoms with Gasteiger partial charge in [-0.05, 0) is 89.2 Å². The summed E-state index contributed by atoms with van der Waals surface area (Å²) in [6, 6.07) is 25.3. The van der Waals surface area contributed by atoms with Gasteiger partial charge in [-0.2, -0.15) is 0 Å². The van der Waals surface area contributed by atoms with Crippen molar-refractivity contribution in [3.05, 3.63) is 135 Å². The largest absolute Gasteiger partial charge is 0.493 e. The van der Waals surface area contributed by atoms with E-state index in [-0.39, 0.29) is 17.5 Å². The maximum Gasteiger partial charge on any atom is 0.268 e. The van der Waals surface area contributed by atoms with Gasteiger partial charge in [-0.25, -0.2) is 0 Å². The van der Waals surface area contributed by atoms with Crippen LogP contribution in [0.3, 0.4) is 0 Å². The molecule has 4 aromatic carbocycles.